The van der Waals surface area contributed by atoms with Crippen LogP contribution in [0.25, 0.3) is 0 Å². The first-order valence-corrected chi connectivity index (χ1v) is 7.59. The van der Waals surface area contributed by atoms with E-state index >= 15 is 0 Å². The molecule has 0 saturated carbocycles. The van der Waals surface area contributed by atoms with Gasteiger partial charge in [-0.1, -0.05) is 0 Å². The second-order valence-corrected chi connectivity index (χ2v) is 7.05. The lowest BCUT2D eigenvalue weighted by atomic mass is 10.3. The molecular formula is C8H12N2O4S2. The Hall–Kier alpha value is -1.12. The van der Waals surface area contributed by atoms with E-state index in [-0.39, 0.29) is 15.5 Å². The molecule has 1 aromatic rings. The maximum absolute atomic E-state index is 11.5. The summed E-state index contributed by atoms with van der Waals surface area (Å²) in [5, 5.41) is 0. The van der Waals surface area contributed by atoms with Gasteiger partial charge in [0.1, 0.15) is 4.90 Å². The van der Waals surface area contributed by atoms with Crippen LogP contribution in [0.2, 0.25) is 0 Å². The van der Waals surface area contributed by atoms with Crippen molar-refractivity contribution in [3.63, 3.8) is 0 Å². The van der Waals surface area contributed by atoms with Crippen molar-refractivity contribution in [1.29, 1.82) is 0 Å². The summed E-state index contributed by atoms with van der Waals surface area (Å²) in [4.78, 5) is -0.326. The average molecular weight is 264 g/mol. The topological polar surface area (TPSA) is 106 Å². The Bertz CT molecular complexity index is 605. The number of hydrogen-bond donors (Lipinski definition) is 2. The van der Waals surface area contributed by atoms with Crippen molar-refractivity contribution in [3.8, 4) is 0 Å². The molecule has 0 aliphatic carbocycles. The summed E-state index contributed by atoms with van der Waals surface area (Å²) in [6.07, 6.45) is 0.994. The van der Waals surface area contributed by atoms with Gasteiger partial charge in [0, 0.05) is 6.26 Å². The van der Waals surface area contributed by atoms with Gasteiger partial charge in [0.15, 0.2) is 9.84 Å². The number of nitrogen functional groups attached to an aromatic ring is 1. The number of benzene rings is 1. The quantitative estimate of drug-likeness (QED) is 0.721. The third kappa shape index (κ3) is 2.52. The Balaban J connectivity index is 3.54. The van der Waals surface area contributed by atoms with Gasteiger partial charge in [-0.25, -0.2) is 21.6 Å². The van der Waals surface area contributed by atoms with Crippen molar-refractivity contribution in [3.05, 3.63) is 18.2 Å². The smallest absolute Gasteiger partial charge is 0.242 e. The Morgan fingerprint density at radius 3 is 2.19 bits per heavy atom. The first kappa shape index (κ1) is 12.9. The lowest BCUT2D eigenvalue weighted by Crippen LogP contribution is -2.20. The number of hydrogen-bond acceptors (Lipinski definition) is 5. The van der Waals surface area contributed by atoms with Crippen molar-refractivity contribution in [2.24, 2.45) is 0 Å². The van der Waals surface area contributed by atoms with Crippen LogP contribution in [-0.2, 0) is 19.9 Å². The largest absolute Gasteiger partial charge is 0.398 e. The molecule has 0 aliphatic heterocycles. The van der Waals surface area contributed by atoms with E-state index in [1.807, 2.05) is 0 Å². The maximum Gasteiger partial charge on any atom is 0.242 e. The third-order valence-electron chi connectivity index (χ3n) is 1.97. The van der Waals surface area contributed by atoms with Crippen LogP contribution >= 0.6 is 0 Å². The van der Waals surface area contributed by atoms with Gasteiger partial charge in [-0.05, 0) is 25.2 Å². The molecule has 3 N–H and O–H groups in total. The van der Waals surface area contributed by atoms with E-state index in [1.165, 1.54) is 19.2 Å². The predicted octanol–water partition coefficient (Wildman–Crippen LogP) is -0.420. The zero-order valence-corrected chi connectivity index (χ0v) is 10.4. The molecule has 0 bridgehead atoms. The minimum absolute atomic E-state index is 0.00162. The summed E-state index contributed by atoms with van der Waals surface area (Å²) in [7, 11) is -5.99. The van der Waals surface area contributed by atoms with Gasteiger partial charge in [0.2, 0.25) is 10.0 Å². The molecule has 0 aromatic heterocycles. The molecule has 16 heavy (non-hydrogen) atoms. The highest BCUT2D eigenvalue weighted by molar-refractivity contribution is 7.91. The summed E-state index contributed by atoms with van der Waals surface area (Å²) in [6.45, 7) is 0. The van der Waals surface area contributed by atoms with Crippen molar-refractivity contribution < 1.29 is 16.8 Å². The Morgan fingerprint density at radius 1 is 1.19 bits per heavy atom. The van der Waals surface area contributed by atoms with Crippen LogP contribution in [0.1, 0.15) is 0 Å². The summed E-state index contributed by atoms with van der Waals surface area (Å²) < 4.78 is 47.6. The molecular weight excluding hydrogens is 252 g/mol. The van der Waals surface area contributed by atoms with Crippen LogP contribution in [0.3, 0.4) is 0 Å². The van der Waals surface area contributed by atoms with Gasteiger partial charge in [0.25, 0.3) is 0 Å². The van der Waals surface area contributed by atoms with Crippen LogP contribution in [0.5, 0.6) is 0 Å². The number of sulfonamides is 1. The van der Waals surface area contributed by atoms with Crippen LogP contribution in [-0.4, -0.2) is 30.1 Å². The van der Waals surface area contributed by atoms with Crippen molar-refractivity contribution >= 4 is 25.5 Å². The highest BCUT2D eigenvalue weighted by atomic mass is 32.2. The number of rotatable bonds is 3. The van der Waals surface area contributed by atoms with E-state index < -0.39 is 19.9 Å². The highest BCUT2D eigenvalue weighted by Crippen LogP contribution is 2.21. The van der Waals surface area contributed by atoms with E-state index in [0.29, 0.717) is 0 Å². The molecule has 0 fully saturated rings. The second-order valence-electron chi connectivity index (χ2n) is 3.18. The van der Waals surface area contributed by atoms with Crippen LogP contribution in [0.4, 0.5) is 5.69 Å². The lowest BCUT2D eigenvalue weighted by Gasteiger charge is -2.07. The SMILES string of the molecule is CNS(=O)(=O)c1cc(S(C)(=O)=O)ccc1N. The van der Waals surface area contributed by atoms with Crippen molar-refractivity contribution in [1.82, 2.24) is 4.72 Å². The fourth-order valence-corrected chi connectivity index (χ4v) is 2.69. The molecule has 0 aliphatic rings. The van der Waals surface area contributed by atoms with E-state index in [9.17, 15) is 16.8 Å². The number of nitrogens with one attached hydrogen (secondary N) is 1. The summed E-state index contributed by atoms with van der Waals surface area (Å²) in [6, 6.07) is 3.55. The third-order valence-corrected chi connectivity index (χ3v) is 4.55. The molecule has 0 spiro atoms. The molecule has 1 rings (SSSR count). The first-order valence-electron chi connectivity index (χ1n) is 4.21. The Kier molecular flexibility index (Phi) is 3.27. The molecule has 1 aromatic carbocycles. The van der Waals surface area contributed by atoms with Crippen LogP contribution in [0, 0.1) is 0 Å². The van der Waals surface area contributed by atoms with E-state index in [4.69, 9.17) is 5.73 Å². The average Bonchev–Trinajstić information content (AvgIpc) is 2.16. The predicted molar refractivity (Wildman–Crippen MR) is 60.2 cm³/mol. The van der Waals surface area contributed by atoms with E-state index in [0.717, 1.165) is 12.3 Å². The zero-order valence-electron chi connectivity index (χ0n) is 8.76. The molecule has 0 unspecified atom stereocenters. The molecule has 6 nitrogen and oxygen atoms in total. The lowest BCUT2D eigenvalue weighted by molar-refractivity contribution is 0.588. The van der Waals surface area contributed by atoms with Gasteiger partial charge in [-0.3, -0.25) is 0 Å². The highest BCUT2D eigenvalue weighted by Gasteiger charge is 2.18. The minimum Gasteiger partial charge on any atom is -0.398 e. The molecule has 90 valence electrons. The summed E-state index contributed by atoms with van der Waals surface area (Å²) >= 11 is 0. The monoisotopic (exact) mass is 264 g/mol. The van der Waals surface area contributed by atoms with Gasteiger partial charge >= 0.3 is 0 Å². The van der Waals surface area contributed by atoms with Gasteiger partial charge in [0.05, 0.1) is 10.6 Å². The molecule has 0 amide bonds. The molecule has 0 heterocycles. The van der Waals surface area contributed by atoms with Gasteiger partial charge < -0.3 is 5.73 Å². The molecule has 0 saturated heterocycles. The summed E-state index contributed by atoms with van der Waals surface area (Å²) in [5.74, 6) is 0. The zero-order chi connectivity index (χ0) is 12.6. The maximum atomic E-state index is 11.5. The van der Waals surface area contributed by atoms with Crippen molar-refractivity contribution in [2.75, 3.05) is 19.0 Å². The van der Waals surface area contributed by atoms with Gasteiger partial charge in [-0.2, -0.15) is 0 Å². The van der Waals surface area contributed by atoms with E-state index in [2.05, 4.69) is 4.72 Å². The van der Waals surface area contributed by atoms with Gasteiger partial charge in [-0.15, -0.1) is 0 Å². The fraction of sp³-hybridized carbons (Fsp3) is 0.250. The minimum atomic E-state index is -3.75. The molecule has 8 heteroatoms. The second kappa shape index (κ2) is 4.04. The van der Waals surface area contributed by atoms with E-state index in [1.54, 1.807) is 0 Å². The Labute approximate surface area is 94.4 Å². The molecule has 0 radical (unpaired) electrons. The number of nitrogens with two attached hydrogens (primary N) is 1. The number of sulfone groups is 1. The summed E-state index contributed by atoms with van der Waals surface area (Å²) in [5.41, 5.74) is 5.48. The molecule has 0 atom stereocenters. The first-order chi connectivity index (χ1) is 7.18. The number of anilines is 1. The van der Waals surface area contributed by atoms with Crippen LogP contribution < -0.4 is 10.5 Å². The standard InChI is InChI=1S/C8H12N2O4S2/c1-10-16(13,14)8-5-6(15(2,11)12)3-4-7(8)9/h3-5,10H,9H2,1-2H3. The normalized spacial score (nSPS) is 12.6. The van der Waals surface area contributed by atoms with Crippen LogP contribution in [0.15, 0.2) is 28.0 Å². The Morgan fingerprint density at radius 2 is 1.75 bits per heavy atom. The fourth-order valence-electron chi connectivity index (χ4n) is 1.09. The van der Waals surface area contributed by atoms with Crippen molar-refractivity contribution in [2.45, 2.75) is 9.79 Å².